The van der Waals surface area contributed by atoms with Crippen molar-refractivity contribution in [2.75, 3.05) is 31.1 Å². The number of aliphatic hydroxyl groups is 1. The lowest BCUT2D eigenvalue weighted by molar-refractivity contribution is 0.0314. The van der Waals surface area contributed by atoms with Crippen molar-refractivity contribution in [1.82, 2.24) is 9.88 Å². The summed E-state index contributed by atoms with van der Waals surface area (Å²) in [4.78, 5) is 20.7. The summed E-state index contributed by atoms with van der Waals surface area (Å²) in [6, 6.07) is 3.74. The number of amides is 1. The van der Waals surface area contributed by atoms with Crippen LogP contribution in [0.1, 0.15) is 44.0 Å². The Hall–Kier alpha value is -1.62. The summed E-state index contributed by atoms with van der Waals surface area (Å²) in [5, 5.41) is 9.89. The highest BCUT2D eigenvalue weighted by Crippen LogP contribution is 2.18. The lowest BCUT2D eigenvalue weighted by Gasteiger charge is -2.28. The molecule has 0 unspecified atom stereocenters. The molecule has 1 aliphatic rings. The quantitative estimate of drug-likeness (QED) is 0.900. The molecule has 1 saturated heterocycles. The summed E-state index contributed by atoms with van der Waals surface area (Å²) >= 11 is 0. The molecule has 0 aliphatic carbocycles. The second-order valence-electron chi connectivity index (χ2n) is 6.23. The minimum atomic E-state index is -0.894. The van der Waals surface area contributed by atoms with E-state index in [2.05, 4.69) is 9.88 Å². The van der Waals surface area contributed by atoms with Gasteiger partial charge in [0, 0.05) is 32.4 Å². The first-order chi connectivity index (χ1) is 9.90. The van der Waals surface area contributed by atoms with Gasteiger partial charge in [0.05, 0.1) is 11.2 Å². The van der Waals surface area contributed by atoms with Crippen LogP contribution in [0.15, 0.2) is 18.3 Å². The fourth-order valence-electron chi connectivity index (χ4n) is 2.62. The molecular weight excluding hydrogens is 266 g/mol. The zero-order valence-electron chi connectivity index (χ0n) is 13.2. The Labute approximate surface area is 126 Å². The van der Waals surface area contributed by atoms with E-state index >= 15 is 0 Å². The van der Waals surface area contributed by atoms with Crippen molar-refractivity contribution < 1.29 is 9.90 Å². The Morgan fingerprint density at radius 1 is 1.38 bits per heavy atom. The monoisotopic (exact) mass is 291 g/mol. The third kappa shape index (κ3) is 4.17. The topological polar surface area (TPSA) is 56.7 Å². The SMILES string of the molecule is CCN(CC(C)(C)O)C(=O)c1ccc(N2CCCC2)nc1. The van der Waals surface area contributed by atoms with E-state index in [4.69, 9.17) is 0 Å². The largest absolute Gasteiger partial charge is 0.389 e. The normalized spacial score (nSPS) is 15.3. The third-order valence-electron chi connectivity index (χ3n) is 3.67. The number of hydrogen-bond acceptors (Lipinski definition) is 4. The molecule has 5 nitrogen and oxygen atoms in total. The number of likely N-dealkylation sites (N-methyl/N-ethyl adjacent to an activating group) is 1. The van der Waals surface area contributed by atoms with Crippen molar-refractivity contribution in [3.05, 3.63) is 23.9 Å². The average molecular weight is 291 g/mol. The molecule has 1 aromatic rings. The molecule has 0 radical (unpaired) electrons. The molecule has 2 rings (SSSR count). The first-order valence-corrected chi connectivity index (χ1v) is 7.63. The van der Waals surface area contributed by atoms with Crippen molar-refractivity contribution >= 4 is 11.7 Å². The second-order valence-corrected chi connectivity index (χ2v) is 6.23. The molecule has 116 valence electrons. The van der Waals surface area contributed by atoms with Crippen LogP contribution in [-0.2, 0) is 0 Å². The Balaban J connectivity index is 2.07. The van der Waals surface area contributed by atoms with E-state index in [1.165, 1.54) is 12.8 Å². The summed E-state index contributed by atoms with van der Waals surface area (Å²) in [5.41, 5.74) is -0.321. The van der Waals surface area contributed by atoms with Gasteiger partial charge in [0.15, 0.2) is 0 Å². The minimum Gasteiger partial charge on any atom is -0.389 e. The molecule has 1 amide bonds. The predicted molar refractivity (Wildman–Crippen MR) is 83.6 cm³/mol. The summed E-state index contributed by atoms with van der Waals surface area (Å²) in [5.74, 6) is 0.856. The van der Waals surface area contributed by atoms with Gasteiger partial charge in [-0.2, -0.15) is 0 Å². The van der Waals surface area contributed by atoms with Gasteiger partial charge in [0.25, 0.3) is 5.91 Å². The van der Waals surface area contributed by atoms with Crippen LogP contribution in [0.3, 0.4) is 0 Å². The van der Waals surface area contributed by atoms with Crippen LogP contribution < -0.4 is 4.90 Å². The molecule has 0 spiro atoms. The van der Waals surface area contributed by atoms with Crippen LogP contribution in [0.4, 0.5) is 5.82 Å². The number of hydrogen-bond donors (Lipinski definition) is 1. The molecule has 5 heteroatoms. The summed E-state index contributed by atoms with van der Waals surface area (Å²) < 4.78 is 0. The van der Waals surface area contributed by atoms with Crippen LogP contribution >= 0.6 is 0 Å². The maximum Gasteiger partial charge on any atom is 0.255 e. The lowest BCUT2D eigenvalue weighted by atomic mass is 10.1. The van der Waals surface area contributed by atoms with Gasteiger partial charge in [-0.25, -0.2) is 4.98 Å². The van der Waals surface area contributed by atoms with Crippen LogP contribution in [-0.4, -0.2) is 52.7 Å². The fraction of sp³-hybridized carbons (Fsp3) is 0.625. The van der Waals surface area contributed by atoms with Gasteiger partial charge in [0.1, 0.15) is 5.82 Å². The van der Waals surface area contributed by atoms with E-state index in [0.29, 0.717) is 18.7 Å². The molecule has 0 bridgehead atoms. The van der Waals surface area contributed by atoms with Crippen LogP contribution in [0.5, 0.6) is 0 Å². The molecule has 1 N–H and O–H groups in total. The zero-order chi connectivity index (χ0) is 15.5. The first-order valence-electron chi connectivity index (χ1n) is 7.63. The van der Waals surface area contributed by atoms with Crippen LogP contribution in [0, 0.1) is 0 Å². The second kappa shape index (κ2) is 6.43. The fourth-order valence-corrected chi connectivity index (χ4v) is 2.62. The predicted octanol–water partition coefficient (Wildman–Crippen LogP) is 1.91. The van der Waals surface area contributed by atoms with Gasteiger partial charge in [-0.3, -0.25) is 4.79 Å². The van der Waals surface area contributed by atoms with Gasteiger partial charge in [0.2, 0.25) is 0 Å². The van der Waals surface area contributed by atoms with Crippen molar-refractivity contribution in [3.8, 4) is 0 Å². The number of aromatic nitrogens is 1. The Morgan fingerprint density at radius 2 is 2.05 bits per heavy atom. The van der Waals surface area contributed by atoms with Crippen molar-refractivity contribution in [2.24, 2.45) is 0 Å². The molecule has 2 heterocycles. The van der Waals surface area contributed by atoms with Crippen molar-refractivity contribution in [3.63, 3.8) is 0 Å². The molecule has 21 heavy (non-hydrogen) atoms. The van der Waals surface area contributed by atoms with Gasteiger partial charge < -0.3 is 14.9 Å². The number of nitrogens with zero attached hydrogens (tertiary/aromatic N) is 3. The Kier molecular flexibility index (Phi) is 4.83. The van der Waals surface area contributed by atoms with E-state index in [1.807, 2.05) is 19.1 Å². The summed E-state index contributed by atoms with van der Waals surface area (Å²) in [7, 11) is 0. The molecule has 1 aromatic heterocycles. The molecule has 1 aliphatic heterocycles. The highest BCUT2D eigenvalue weighted by atomic mass is 16.3. The number of carbonyl (C=O) groups excluding carboxylic acids is 1. The van der Waals surface area contributed by atoms with Crippen molar-refractivity contribution in [1.29, 1.82) is 0 Å². The summed E-state index contributed by atoms with van der Waals surface area (Å²) in [6.45, 7) is 8.29. The first kappa shape index (κ1) is 15.8. The highest BCUT2D eigenvalue weighted by Gasteiger charge is 2.22. The standard InChI is InChI=1S/C16H25N3O2/c1-4-18(12-16(2,3)21)15(20)13-7-8-14(17-11-13)19-9-5-6-10-19/h7-8,11,21H,4-6,9-10,12H2,1-3H3. The highest BCUT2D eigenvalue weighted by molar-refractivity contribution is 5.94. The third-order valence-corrected chi connectivity index (χ3v) is 3.67. The summed E-state index contributed by atoms with van der Waals surface area (Å²) in [6.07, 6.45) is 4.05. The van der Waals surface area contributed by atoms with E-state index < -0.39 is 5.60 Å². The van der Waals surface area contributed by atoms with Crippen LogP contribution in [0.2, 0.25) is 0 Å². The number of carbonyl (C=O) groups is 1. The van der Waals surface area contributed by atoms with Crippen LogP contribution in [0.25, 0.3) is 0 Å². The maximum absolute atomic E-state index is 12.4. The molecule has 0 atom stereocenters. The van der Waals surface area contributed by atoms with Crippen molar-refractivity contribution in [2.45, 2.75) is 39.2 Å². The molecule has 1 fully saturated rings. The number of rotatable bonds is 5. The maximum atomic E-state index is 12.4. The average Bonchev–Trinajstić information content (AvgIpc) is 2.97. The molecule has 0 saturated carbocycles. The van der Waals surface area contributed by atoms with Gasteiger partial charge in [-0.05, 0) is 45.7 Å². The Bertz CT molecular complexity index is 473. The Morgan fingerprint density at radius 3 is 2.52 bits per heavy atom. The van der Waals surface area contributed by atoms with Gasteiger partial charge in [-0.15, -0.1) is 0 Å². The molecule has 0 aromatic carbocycles. The number of anilines is 1. The zero-order valence-corrected chi connectivity index (χ0v) is 13.2. The van der Waals surface area contributed by atoms with E-state index in [-0.39, 0.29) is 5.91 Å². The van der Waals surface area contributed by atoms with E-state index in [0.717, 1.165) is 18.9 Å². The molecular formula is C16H25N3O2. The van der Waals surface area contributed by atoms with E-state index in [1.54, 1.807) is 24.9 Å². The lowest BCUT2D eigenvalue weighted by Crippen LogP contribution is -2.42. The minimum absolute atomic E-state index is 0.0832. The van der Waals surface area contributed by atoms with E-state index in [9.17, 15) is 9.90 Å². The van der Waals surface area contributed by atoms with Gasteiger partial charge >= 0.3 is 0 Å². The number of pyridine rings is 1. The smallest absolute Gasteiger partial charge is 0.255 e. The van der Waals surface area contributed by atoms with Gasteiger partial charge in [-0.1, -0.05) is 0 Å².